The van der Waals surface area contributed by atoms with Crippen LogP contribution in [0.4, 0.5) is 0 Å². The van der Waals surface area contributed by atoms with Gasteiger partial charge >= 0.3 is 33.9 Å². The van der Waals surface area contributed by atoms with E-state index < -0.39 is 0 Å². The average Bonchev–Trinajstić information content (AvgIpc) is 2.78. The molecule has 0 bridgehead atoms. The molecule has 3 rings (SSSR count). The van der Waals surface area contributed by atoms with Crippen molar-refractivity contribution in [3.63, 3.8) is 0 Å². The first-order valence-corrected chi connectivity index (χ1v) is 8.61. The number of carbonyl (C=O) groups excluding carboxylic acids is 1. The Hall–Kier alpha value is -2.40. The predicted octanol–water partition coefficient (Wildman–Crippen LogP) is 4.98. The summed E-state index contributed by atoms with van der Waals surface area (Å²) in [5.41, 5.74) is 4.62. The summed E-state index contributed by atoms with van der Waals surface area (Å²) in [7, 11) is 0. The molecule has 0 saturated carbocycles. The van der Waals surface area contributed by atoms with Crippen LogP contribution in [-0.4, -0.2) is 5.78 Å². The zero-order valence-corrected chi connectivity index (χ0v) is 17.5. The second-order valence-electron chi connectivity index (χ2n) is 6.21. The van der Waals surface area contributed by atoms with Gasteiger partial charge in [0.05, 0.1) is 0 Å². The number of aryl methyl sites for hydroxylation is 2. The van der Waals surface area contributed by atoms with Crippen molar-refractivity contribution in [2.45, 2.75) is 32.1 Å². The molecular weight excluding hydrogens is 404 g/mol. The second kappa shape index (κ2) is 16.5. The predicted molar refractivity (Wildman–Crippen MR) is 103 cm³/mol. The molecule has 2 aromatic carbocycles. The number of Topliss-reactive ketones (excluding diaryl/α,β-unsaturated/α-hetero) is 1. The Morgan fingerprint density at radius 1 is 1.03 bits per heavy atom. The molecule has 0 heterocycles. The maximum atomic E-state index is 12.9. The number of ketones is 1. The molecule has 0 saturated heterocycles. The van der Waals surface area contributed by atoms with E-state index in [-0.39, 0.29) is 29.2 Å². The fourth-order valence-corrected chi connectivity index (χ4v) is 3.53. The Morgan fingerprint density at radius 3 is 2.14 bits per heavy atom. The zero-order valence-electron chi connectivity index (χ0n) is 16.2. The number of carbonyl (C=O) groups is 1. The quantitative estimate of drug-likeness (QED) is 0.386. The summed E-state index contributed by atoms with van der Waals surface area (Å²) in [5, 5.41) is 0. The summed E-state index contributed by atoms with van der Waals surface area (Å²) < 4.78 is 22.5. The Bertz CT molecular complexity index is 804. The van der Waals surface area contributed by atoms with Crippen LogP contribution in [0.25, 0.3) is 0 Å². The van der Waals surface area contributed by atoms with Gasteiger partial charge in [0.1, 0.15) is 0 Å². The summed E-state index contributed by atoms with van der Waals surface area (Å²) in [6, 6.07) is 16.6. The molecule has 0 aliphatic heterocycles. The van der Waals surface area contributed by atoms with Gasteiger partial charge in [0.2, 0.25) is 0 Å². The zero-order chi connectivity index (χ0) is 21.5. The van der Waals surface area contributed by atoms with E-state index in [4.69, 9.17) is 14.0 Å². The van der Waals surface area contributed by atoms with Gasteiger partial charge in [-0.2, -0.15) is 0 Å². The van der Waals surface area contributed by atoms with E-state index in [1.54, 1.807) is 0 Å². The van der Waals surface area contributed by atoms with Crippen LogP contribution in [0.15, 0.2) is 61.2 Å². The first-order valence-electron chi connectivity index (χ1n) is 8.61. The topological polar surface area (TPSA) is 76.8 Å². The summed E-state index contributed by atoms with van der Waals surface area (Å²) >= 11 is 0. The van der Waals surface area contributed by atoms with Crippen molar-refractivity contribution in [2.75, 3.05) is 0 Å². The van der Waals surface area contributed by atoms with E-state index in [9.17, 15) is 4.79 Å². The summed E-state index contributed by atoms with van der Waals surface area (Å²) in [6.45, 7) is 19.5. The molecule has 0 aromatic heterocycles. The maximum Gasteiger partial charge on any atom is 0 e. The van der Waals surface area contributed by atoms with Crippen LogP contribution in [0, 0.1) is 32.8 Å². The molecule has 148 valence electrons. The van der Waals surface area contributed by atoms with Crippen molar-refractivity contribution >= 4 is 5.78 Å². The number of benzene rings is 2. The van der Waals surface area contributed by atoms with E-state index >= 15 is 0 Å². The van der Waals surface area contributed by atoms with Gasteiger partial charge in [0.15, 0.2) is 5.78 Å². The average molecular weight is 426 g/mol. The first kappa shape index (κ1) is 28.8. The van der Waals surface area contributed by atoms with Gasteiger partial charge < -0.3 is 0 Å². The minimum absolute atomic E-state index is 0. The third-order valence-corrected chi connectivity index (χ3v) is 4.76. The smallest absolute Gasteiger partial charge is 0 e. The van der Waals surface area contributed by atoms with Crippen LogP contribution in [0.2, 0.25) is 0 Å². The van der Waals surface area contributed by atoms with Crippen molar-refractivity contribution in [2.24, 2.45) is 5.92 Å². The van der Waals surface area contributed by atoms with Crippen LogP contribution in [-0.2, 0) is 37.7 Å². The summed E-state index contributed by atoms with van der Waals surface area (Å²) in [5.74, 6) is 0.601. The Morgan fingerprint density at radius 2 is 1.59 bits per heavy atom. The van der Waals surface area contributed by atoms with E-state index in [1.165, 1.54) is 16.7 Å². The minimum Gasteiger partial charge on any atom is 0 e. The molecule has 0 fully saturated rings. The van der Waals surface area contributed by atoms with Crippen molar-refractivity contribution in [3.8, 4) is 0 Å². The molecule has 4 nitrogen and oxygen atoms in total. The van der Waals surface area contributed by atoms with Gasteiger partial charge in [0, 0.05) is 28.8 Å². The van der Waals surface area contributed by atoms with E-state index in [2.05, 4.69) is 63.8 Å². The molecule has 0 amide bonds. The van der Waals surface area contributed by atoms with Crippen LogP contribution in [0.5, 0.6) is 0 Å². The van der Waals surface area contributed by atoms with E-state index in [0.29, 0.717) is 5.78 Å². The third kappa shape index (κ3) is 7.86. The van der Waals surface area contributed by atoms with Crippen molar-refractivity contribution in [1.82, 2.24) is 0 Å². The Kier molecular flexibility index (Phi) is 16.4. The molecule has 1 aliphatic rings. The van der Waals surface area contributed by atoms with Gasteiger partial charge in [-0.1, -0.05) is 60.2 Å². The molecular formula is C24H22CrO4. The number of rotatable bonds is 4. The number of hydrogen-bond acceptors (Lipinski definition) is 1. The largest absolute Gasteiger partial charge is 0 e. The molecule has 2 atom stereocenters. The molecule has 29 heavy (non-hydrogen) atoms. The second-order valence-corrected chi connectivity index (χ2v) is 6.21. The standard InChI is InChI=1S/C21H22O.3CO.Cr/c1-3-6-18(17-11-9-15(2)10-12-17)20-14-13-16-7-4-5-8-19(16)21(20)22;3*1-2;/h3-5,7-12,18,20H,1,6,13-14H2,2H3;;;;/t18-,20-;;;;/m1..../s1. The van der Waals surface area contributed by atoms with E-state index in [1.807, 2.05) is 24.3 Å². The SMILES string of the molecule is C=CC[C@H](c1ccc(C)cc1)[C@H]1CCc2ccccc2C1=O.[C-]#[O+].[C-]#[O+].[C-]#[O+].[Cr]. The van der Waals surface area contributed by atoms with Gasteiger partial charge in [0.25, 0.3) is 0 Å². The molecule has 2 aromatic rings. The number of allylic oxidation sites excluding steroid dienone is 1. The third-order valence-electron chi connectivity index (χ3n) is 4.76. The Balaban J connectivity index is 0. The van der Waals surface area contributed by atoms with Gasteiger partial charge in [-0.15, -0.1) is 6.58 Å². The molecule has 0 spiro atoms. The number of fused-ring (bicyclic) bond motifs is 1. The van der Waals surface area contributed by atoms with Crippen molar-refractivity contribution in [1.29, 1.82) is 0 Å². The van der Waals surface area contributed by atoms with Crippen LogP contribution in [0.1, 0.15) is 45.8 Å². The molecule has 0 unspecified atom stereocenters. The molecule has 0 radical (unpaired) electrons. The fourth-order valence-electron chi connectivity index (χ4n) is 3.53. The summed E-state index contributed by atoms with van der Waals surface area (Å²) in [6.07, 6.45) is 4.72. The van der Waals surface area contributed by atoms with Gasteiger partial charge in [-0.25, -0.2) is 0 Å². The Labute approximate surface area is 183 Å². The molecule has 0 N–H and O–H groups in total. The van der Waals surface area contributed by atoms with Crippen molar-refractivity contribution < 1.29 is 36.1 Å². The monoisotopic (exact) mass is 426 g/mol. The summed E-state index contributed by atoms with van der Waals surface area (Å²) in [4.78, 5) is 12.9. The van der Waals surface area contributed by atoms with Crippen LogP contribution >= 0.6 is 0 Å². The van der Waals surface area contributed by atoms with Crippen molar-refractivity contribution in [3.05, 3.63) is 103 Å². The van der Waals surface area contributed by atoms with E-state index in [0.717, 1.165) is 24.8 Å². The molecule has 1 aliphatic carbocycles. The van der Waals surface area contributed by atoms with Crippen LogP contribution in [0.3, 0.4) is 0 Å². The van der Waals surface area contributed by atoms with Gasteiger partial charge in [-0.3, -0.25) is 4.79 Å². The number of hydrogen-bond donors (Lipinski definition) is 0. The molecule has 5 heteroatoms. The minimum atomic E-state index is 0. The van der Waals surface area contributed by atoms with Gasteiger partial charge in [-0.05, 0) is 43.2 Å². The van der Waals surface area contributed by atoms with Crippen LogP contribution < -0.4 is 0 Å². The normalized spacial score (nSPS) is 14.3. The first-order chi connectivity index (χ1) is 13.7. The maximum absolute atomic E-state index is 12.9. The fraction of sp³-hybridized carbons (Fsp3) is 0.250.